The van der Waals surface area contributed by atoms with Crippen LogP contribution in [0.3, 0.4) is 0 Å². The number of benzene rings is 2. The molecule has 0 bridgehead atoms. The van der Waals surface area contributed by atoms with Gasteiger partial charge in [-0.15, -0.1) is 0 Å². The van der Waals surface area contributed by atoms with Crippen molar-refractivity contribution in [1.82, 2.24) is 0 Å². The number of hydrogen-bond acceptors (Lipinski definition) is 3. The summed E-state index contributed by atoms with van der Waals surface area (Å²) in [5.41, 5.74) is 8.65. The summed E-state index contributed by atoms with van der Waals surface area (Å²) in [6.45, 7) is 6.54. The summed E-state index contributed by atoms with van der Waals surface area (Å²) in [4.78, 5) is 3.97. The predicted octanol–water partition coefficient (Wildman–Crippen LogP) is 3.82. The maximum Gasteiger partial charge on any atom is 0.155 e. The first-order valence-electron chi connectivity index (χ1n) is 7.20. The Kier molecular flexibility index (Phi) is 3.24. The summed E-state index contributed by atoms with van der Waals surface area (Å²) in [5, 5.41) is 7.81. The maximum atomic E-state index is 7.81. The normalized spacial score (nSPS) is 13.8. The van der Waals surface area contributed by atoms with Crippen molar-refractivity contribution in [3.05, 3.63) is 59.2 Å². The number of hydrogen-bond donors (Lipinski definition) is 2. The monoisotopic (exact) mass is 293 g/mol. The van der Waals surface area contributed by atoms with Gasteiger partial charge in [-0.1, -0.05) is 32.9 Å². The molecule has 0 saturated carbocycles. The van der Waals surface area contributed by atoms with Crippen LogP contribution in [0.1, 0.15) is 37.5 Å². The highest BCUT2D eigenvalue weighted by atomic mass is 16.5. The van der Waals surface area contributed by atoms with Crippen LogP contribution in [0, 0.1) is 5.41 Å². The Bertz CT molecular complexity index is 768. The van der Waals surface area contributed by atoms with Crippen molar-refractivity contribution in [3.8, 4) is 11.5 Å². The largest absolute Gasteiger partial charge is 0.457 e. The Morgan fingerprint density at radius 1 is 0.955 bits per heavy atom. The van der Waals surface area contributed by atoms with Crippen molar-refractivity contribution in [2.45, 2.75) is 26.2 Å². The van der Waals surface area contributed by atoms with Crippen LogP contribution in [-0.4, -0.2) is 11.7 Å². The van der Waals surface area contributed by atoms with Crippen molar-refractivity contribution in [2.75, 3.05) is 0 Å². The molecule has 2 aromatic carbocycles. The summed E-state index contributed by atoms with van der Waals surface area (Å²) >= 11 is 0. The third kappa shape index (κ3) is 2.60. The van der Waals surface area contributed by atoms with E-state index in [1.165, 1.54) is 5.56 Å². The van der Waals surface area contributed by atoms with Gasteiger partial charge in [-0.2, -0.15) is 0 Å². The van der Waals surface area contributed by atoms with Crippen LogP contribution in [0.5, 0.6) is 11.5 Å². The van der Waals surface area contributed by atoms with Crippen molar-refractivity contribution < 1.29 is 4.74 Å². The molecule has 112 valence electrons. The molecule has 1 aliphatic heterocycles. The van der Waals surface area contributed by atoms with E-state index in [0.717, 1.165) is 11.3 Å². The second-order valence-electron chi connectivity index (χ2n) is 6.43. The van der Waals surface area contributed by atoms with E-state index in [9.17, 15) is 0 Å². The van der Waals surface area contributed by atoms with E-state index < -0.39 is 0 Å². The van der Waals surface area contributed by atoms with Gasteiger partial charge in [-0.3, -0.25) is 5.41 Å². The molecule has 1 heterocycles. The van der Waals surface area contributed by atoms with E-state index in [2.05, 4.69) is 37.9 Å². The number of ether oxygens (including phenoxy) is 1. The fraction of sp³-hybridized carbons (Fsp3) is 0.222. The van der Waals surface area contributed by atoms with Gasteiger partial charge in [-0.05, 0) is 41.3 Å². The van der Waals surface area contributed by atoms with Crippen LogP contribution in [0.15, 0.2) is 47.5 Å². The summed E-state index contributed by atoms with van der Waals surface area (Å²) in [7, 11) is 0. The standard InChI is InChI=1S/C18H19N3O/c1-18(2,3)11-4-6-12(7-5-11)22-13-8-9-14-15(10-13)17(20)21-16(14)19/h4-10H,1-3H3,(H3,19,20,21). The van der Waals surface area contributed by atoms with Crippen molar-refractivity contribution >= 4 is 11.7 Å². The Morgan fingerprint density at radius 3 is 2.23 bits per heavy atom. The summed E-state index contributed by atoms with van der Waals surface area (Å²) in [5.74, 6) is 2.02. The lowest BCUT2D eigenvalue weighted by Crippen LogP contribution is -2.10. The summed E-state index contributed by atoms with van der Waals surface area (Å²) < 4.78 is 5.87. The third-order valence-electron chi connectivity index (χ3n) is 3.71. The molecule has 0 radical (unpaired) electrons. The molecular weight excluding hydrogens is 274 g/mol. The zero-order valence-corrected chi connectivity index (χ0v) is 13.0. The molecule has 0 saturated heterocycles. The molecule has 0 unspecified atom stereocenters. The van der Waals surface area contributed by atoms with Gasteiger partial charge in [0.25, 0.3) is 0 Å². The fourth-order valence-electron chi connectivity index (χ4n) is 2.41. The highest BCUT2D eigenvalue weighted by molar-refractivity contribution is 6.20. The Hall–Kier alpha value is -2.62. The molecule has 0 spiro atoms. The Labute approximate surface area is 130 Å². The number of nitrogens with two attached hydrogens (primary N) is 1. The second-order valence-corrected chi connectivity index (χ2v) is 6.43. The van der Waals surface area contributed by atoms with Gasteiger partial charge in [0.2, 0.25) is 0 Å². The van der Waals surface area contributed by atoms with E-state index in [0.29, 0.717) is 17.1 Å². The molecular formula is C18H19N3O. The Morgan fingerprint density at radius 2 is 1.59 bits per heavy atom. The lowest BCUT2D eigenvalue weighted by molar-refractivity contribution is 0.481. The van der Waals surface area contributed by atoms with E-state index in [1.807, 2.05) is 24.3 Å². The molecule has 0 amide bonds. The first-order valence-corrected chi connectivity index (χ1v) is 7.20. The first kappa shape index (κ1) is 14.3. The molecule has 22 heavy (non-hydrogen) atoms. The number of fused-ring (bicyclic) bond motifs is 1. The summed E-state index contributed by atoms with van der Waals surface area (Å²) in [6, 6.07) is 13.6. The molecule has 0 atom stereocenters. The van der Waals surface area contributed by atoms with Gasteiger partial charge >= 0.3 is 0 Å². The molecule has 0 fully saturated rings. The number of amidine groups is 2. The number of nitrogens with one attached hydrogen (secondary N) is 1. The first-order chi connectivity index (χ1) is 10.3. The number of aliphatic imine (C=N–C) groups is 1. The van der Waals surface area contributed by atoms with E-state index in [-0.39, 0.29) is 11.3 Å². The van der Waals surface area contributed by atoms with Crippen LogP contribution >= 0.6 is 0 Å². The van der Waals surface area contributed by atoms with E-state index in [1.54, 1.807) is 6.07 Å². The highest BCUT2D eigenvalue weighted by Crippen LogP contribution is 2.29. The van der Waals surface area contributed by atoms with Crippen LogP contribution in [0.4, 0.5) is 0 Å². The smallest absolute Gasteiger partial charge is 0.155 e. The van der Waals surface area contributed by atoms with Crippen molar-refractivity contribution in [2.24, 2.45) is 10.7 Å². The van der Waals surface area contributed by atoms with Crippen LogP contribution in [0.25, 0.3) is 0 Å². The average molecular weight is 293 g/mol. The SMILES string of the molecule is CC(C)(C)c1ccc(Oc2ccc3c(c2)C(=N)N=C3N)cc1. The molecule has 2 aromatic rings. The van der Waals surface area contributed by atoms with E-state index >= 15 is 0 Å². The number of nitrogens with zero attached hydrogens (tertiary/aromatic N) is 1. The fourth-order valence-corrected chi connectivity index (χ4v) is 2.41. The summed E-state index contributed by atoms with van der Waals surface area (Å²) in [6.07, 6.45) is 0. The van der Waals surface area contributed by atoms with Crippen LogP contribution < -0.4 is 10.5 Å². The van der Waals surface area contributed by atoms with Crippen molar-refractivity contribution in [1.29, 1.82) is 5.41 Å². The lowest BCUT2D eigenvalue weighted by Gasteiger charge is -2.19. The molecule has 3 rings (SSSR count). The molecule has 0 aliphatic carbocycles. The van der Waals surface area contributed by atoms with Gasteiger partial charge in [0.05, 0.1) is 0 Å². The highest BCUT2D eigenvalue weighted by Gasteiger charge is 2.19. The average Bonchev–Trinajstić information content (AvgIpc) is 2.73. The predicted molar refractivity (Wildman–Crippen MR) is 89.2 cm³/mol. The van der Waals surface area contributed by atoms with Crippen LogP contribution in [-0.2, 0) is 5.41 Å². The minimum absolute atomic E-state index is 0.121. The quantitative estimate of drug-likeness (QED) is 0.883. The van der Waals surface area contributed by atoms with Gasteiger partial charge in [0.15, 0.2) is 5.84 Å². The molecule has 1 aliphatic rings. The molecule has 4 nitrogen and oxygen atoms in total. The lowest BCUT2D eigenvalue weighted by atomic mass is 9.87. The maximum absolute atomic E-state index is 7.81. The van der Waals surface area contributed by atoms with Gasteiger partial charge < -0.3 is 10.5 Å². The second kappa shape index (κ2) is 4.98. The van der Waals surface area contributed by atoms with Gasteiger partial charge in [-0.25, -0.2) is 4.99 Å². The topological polar surface area (TPSA) is 71.5 Å². The zero-order valence-electron chi connectivity index (χ0n) is 13.0. The van der Waals surface area contributed by atoms with Gasteiger partial charge in [0.1, 0.15) is 17.3 Å². The molecule has 4 heteroatoms. The van der Waals surface area contributed by atoms with Gasteiger partial charge in [0, 0.05) is 11.1 Å². The van der Waals surface area contributed by atoms with E-state index in [4.69, 9.17) is 15.9 Å². The zero-order chi connectivity index (χ0) is 15.9. The van der Waals surface area contributed by atoms with Crippen molar-refractivity contribution in [3.63, 3.8) is 0 Å². The minimum atomic E-state index is 0.121. The molecule has 3 N–H and O–H groups in total. The number of rotatable bonds is 2. The molecule has 0 aromatic heterocycles. The Balaban J connectivity index is 1.83. The van der Waals surface area contributed by atoms with Crippen LogP contribution in [0.2, 0.25) is 0 Å². The minimum Gasteiger partial charge on any atom is -0.457 e. The third-order valence-corrected chi connectivity index (χ3v) is 3.71.